The fourth-order valence-electron chi connectivity index (χ4n) is 3.53. The summed E-state index contributed by atoms with van der Waals surface area (Å²) in [6.45, 7) is 0.426. The lowest BCUT2D eigenvalue weighted by Gasteiger charge is -2.10. The number of carbonyl (C=O) groups is 2. The minimum atomic E-state index is -0.863. The molecule has 0 saturated carbocycles. The molecule has 0 bridgehead atoms. The van der Waals surface area contributed by atoms with E-state index in [9.17, 15) is 9.59 Å². The molecule has 3 aromatic heterocycles. The van der Waals surface area contributed by atoms with Crippen molar-refractivity contribution >= 4 is 17.7 Å². The number of rotatable bonds is 11. The lowest BCUT2D eigenvalue weighted by Crippen LogP contribution is -2.32. The number of aromatic nitrogens is 3. The van der Waals surface area contributed by atoms with E-state index in [1.54, 1.807) is 24.5 Å². The van der Waals surface area contributed by atoms with Crippen molar-refractivity contribution in [2.24, 2.45) is 5.73 Å². The highest BCUT2D eigenvalue weighted by Crippen LogP contribution is 2.27. The Morgan fingerprint density at radius 3 is 2.57 bits per heavy atom. The maximum absolute atomic E-state index is 12.4. The van der Waals surface area contributed by atoms with E-state index in [0.29, 0.717) is 36.0 Å². The van der Waals surface area contributed by atoms with Gasteiger partial charge in [-0.2, -0.15) is 0 Å². The van der Waals surface area contributed by atoms with Gasteiger partial charge in [-0.3, -0.25) is 9.59 Å². The molecule has 4 aromatic rings. The topological polar surface area (TPSA) is 142 Å². The van der Waals surface area contributed by atoms with Crippen LogP contribution in [0.15, 0.2) is 77.6 Å². The van der Waals surface area contributed by atoms with E-state index < -0.39 is 12.0 Å². The number of methoxy groups -OCH3 is 1. The molecule has 10 heteroatoms. The van der Waals surface area contributed by atoms with Crippen LogP contribution in [0, 0.1) is 0 Å². The molecule has 3 heterocycles. The van der Waals surface area contributed by atoms with Crippen LogP contribution in [-0.4, -0.2) is 40.2 Å². The third-order valence-electron chi connectivity index (χ3n) is 5.51. The van der Waals surface area contributed by atoms with Gasteiger partial charge in [0.2, 0.25) is 11.8 Å². The van der Waals surface area contributed by atoms with Gasteiger partial charge in [-0.1, -0.05) is 35.5 Å². The second kappa shape index (κ2) is 12.4. The van der Waals surface area contributed by atoms with Crippen LogP contribution in [0.4, 0.5) is 5.82 Å². The molecular formula is C27H27N5O5. The van der Waals surface area contributed by atoms with Gasteiger partial charge in [-0.05, 0) is 35.7 Å². The van der Waals surface area contributed by atoms with Crippen molar-refractivity contribution in [3.63, 3.8) is 0 Å². The normalized spacial score (nSPS) is 11.5. The second-order valence-electron chi connectivity index (χ2n) is 8.25. The SMILES string of the molecule is COC(=O)[C@@H](N)CCC(=O)Nc1ncccc1-c1cc(Cc2ccc(COc3ccccn3)cc2)no1. The quantitative estimate of drug-likeness (QED) is 0.295. The molecule has 4 rings (SSSR count). The van der Waals surface area contributed by atoms with Gasteiger partial charge in [0.05, 0.1) is 18.4 Å². The Labute approximate surface area is 213 Å². The first-order chi connectivity index (χ1) is 18.0. The van der Waals surface area contributed by atoms with Crippen molar-refractivity contribution in [2.75, 3.05) is 12.4 Å². The monoisotopic (exact) mass is 501 g/mol. The van der Waals surface area contributed by atoms with Gasteiger partial charge < -0.3 is 25.0 Å². The minimum absolute atomic E-state index is 0.0385. The highest BCUT2D eigenvalue weighted by Gasteiger charge is 2.18. The summed E-state index contributed by atoms with van der Waals surface area (Å²) in [5, 5.41) is 6.93. The molecule has 1 atom stereocenters. The van der Waals surface area contributed by atoms with Gasteiger partial charge >= 0.3 is 5.97 Å². The fourth-order valence-corrected chi connectivity index (χ4v) is 3.53. The molecule has 0 unspecified atom stereocenters. The number of esters is 1. The summed E-state index contributed by atoms with van der Waals surface area (Å²) in [7, 11) is 1.25. The van der Waals surface area contributed by atoms with Gasteiger partial charge in [-0.15, -0.1) is 0 Å². The van der Waals surface area contributed by atoms with Gasteiger partial charge in [-0.25, -0.2) is 9.97 Å². The number of benzene rings is 1. The largest absolute Gasteiger partial charge is 0.473 e. The first-order valence-corrected chi connectivity index (χ1v) is 11.7. The second-order valence-corrected chi connectivity index (χ2v) is 8.25. The zero-order chi connectivity index (χ0) is 26.0. The summed E-state index contributed by atoms with van der Waals surface area (Å²) in [5.41, 5.74) is 9.11. The molecule has 37 heavy (non-hydrogen) atoms. The van der Waals surface area contributed by atoms with Crippen LogP contribution in [0.1, 0.15) is 29.7 Å². The van der Waals surface area contributed by atoms with Crippen LogP contribution in [-0.2, 0) is 27.4 Å². The highest BCUT2D eigenvalue weighted by atomic mass is 16.5. The first-order valence-electron chi connectivity index (χ1n) is 11.7. The number of anilines is 1. The molecular weight excluding hydrogens is 474 g/mol. The molecule has 1 aromatic carbocycles. The van der Waals surface area contributed by atoms with Crippen LogP contribution >= 0.6 is 0 Å². The molecule has 0 radical (unpaired) electrons. The van der Waals surface area contributed by atoms with Gasteiger partial charge in [0.1, 0.15) is 18.5 Å². The Kier molecular flexibility index (Phi) is 8.56. The summed E-state index contributed by atoms with van der Waals surface area (Å²) in [5.74, 6) is 0.501. The standard InChI is InChI=1S/C27H27N5O5/c1-35-27(34)22(28)11-12-24(33)31-26-21(5-4-14-30-26)23-16-20(32-37-23)15-18-7-9-19(10-8-18)17-36-25-6-2-3-13-29-25/h2-10,13-14,16,22H,11-12,15,17,28H2,1H3,(H,30,31,33)/t22-/m0/s1. The van der Waals surface area contributed by atoms with Crippen molar-refractivity contribution in [3.8, 4) is 17.2 Å². The number of nitrogens with two attached hydrogens (primary N) is 1. The lowest BCUT2D eigenvalue weighted by atomic mass is 10.1. The fraction of sp³-hybridized carbons (Fsp3) is 0.222. The van der Waals surface area contributed by atoms with E-state index >= 15 is 0 Å². The maximum Gasteiger partial charge on any atom is 0.322 e. The van der Waals surface area contributed by atoms with Crippen LogP contribution in [0.25, 0.3) is 11.3 Å². The van der Waals surface area contributed by atoms with Gasteiger partial charge in [0.15, 0.2) is 5.76 Å². The van der Waals surface area contributed by atoms with Crippen LogP contribution < -0.4 is 15.8 Å². The molecule has 0 aliphatic heterocycles. The third-order valence-corrected chi connectivity index (χ3v) is 5.51. The van der Waals surface area contributed by atoms with Crippen LogP contribution in [0.3, 0.4) is 0 Å². The van der Waals surface area contributed by atoms with E-state index in [4.69, 9.17) is 15.0 Å². The predicted molar refractivity (Wildman–Crippen MR) is 135 cm³/mol. The van der Waals surface area contributed by atoms with E-state index in [1.165, 1.54) is 7.11 Å². The van der Waals surface area contributed by atoms with Gasteiger partial charge in [0, 0.05) is 37.4 Å². The number of hydrogen-bond acceptors (Lipinski definition) is 9. The maximum atomic E-state index is 12.4. The Bertz CT molecular complexity index is 1320. The molecule has 0 saturated heterocycles. The molecule has 0 fully saturated rings. The zero-order valence-corrected chi connectivity index (χ0v) is 20.3. The number of hydrogen-bond donors (Lipinski definition) is 2. The summed E-state index contributed by atoms with van der Waals surface area (Å²) in [6, 6.07) is 18.0. The highest BCUT2D eigenvalue weighted by molar-refractivity contribution is 5.93. The zero-order valence-electron chi connectivity index (χ0n) is 20.3. The van der Waals surface area contributed by atoms with Crippen LogP contribution in [0.5, 0.6) is 5.88 Å². The third kappa shape index (κ3) is 7.21. The Morgan fingerprint density at radius 1 is 1.03 bits per heavy atom. The Morgan fingerprint density at radius 2 is 1.81 bits per heavy atom. The summed E-state index contributed by atoms with van der Waals surface area (Å²) in [6.07, 6.45) is 4.02. The summed E-state index contributed by atoms with van der Waals surface area (Å²) < 4.78 is 15.8. The molecule has 1 amide bonds. The van der Waals surface area contributed by atoms with Crippen molar-refractivity contribution < 1.29 is 23.6 Å². The number of ether oxygens (including phenoxy) is 2. The van der Waals surface area contributed by atoms with Gasteiger partial charge in [0.25, 0.3) is 0 Å². The Balaban J connectivity index is 1.35. The van der Waals surface area contributed by atoms with E-state index in [-0.39, 0.29) is 18.7 Å². The van der Waals surface area contributed by atoms with E-state index in [2.05, 4.69) is 25.2 Å². The number of amides is 1. The van der Waals surface area contributed by atoms with Crippen molar-refractivity contribution in [1.82, 2.24) is 15.1 Å². The average Bonchev–Trinajstić information content (AvgIpc) is 3.40. The minimum Gasteiger partial charge on any atom is -0.473 e. The molecule has 0 spiro atoms. The summed E-state index contributed by atoms with van der Waals surface area (Å²) >= 11 is 0. The van der Waals surface area contributed by atoms with Crippen molar-refractivity contribution in [3.05, 3.63) is 89.9 Å². The molecule has 3 N–H and O–H groups in total. The molecule has 10 nitrogen and oxygen atoms in total. The Hall–Kier alpha value is -4.57. The lowest BCUT2D eigenvalue weighted by molar-refractivity contribution is -0.142. The van der Waals surface area contributed by atoms with Crippen molar-refractivity contribution in [1.29, 1.82) is 0 Å². The number of nitrogens with one attached hydrogen (secondary N) is 1. The number of nitrogens with zero attached hydrogens (tertiary/aromatic N) is 3. The van der Waals surface area contributed by atoms with Crippen molar-refractivity contribution in [2.45, 2.75) is 31.9 Å². The summed E-state index contributed by atoms with van der Waals surface area (Å²) in [4.78, 5) is 32.2. The number of carbonyl (C=O) groups excluding carboxylic acids is 2. The smallest absolute Gasteiger partial charge is 0.322 e. The average molecular weight is 502 g/mol. The van der Waals surface area contributed by atoms with E-state index in [1.807, 2.05) is 48.5 Å². The predicted octanol–water partition coefficient (Wildman–Crippen LogP) is 3.52. The molecule has 0 aliphatic carbocycles. The molecule has 0 aliphatic rings. The first kappa shape index (κ1) is 25.5. The molecule has 190 valence electrons. The van der Waals surface area contributed by atoms with Crippen LogP contribution in [0.2, 0.25) is 0 Å². The van der Waals surface area contributed by atoms with E-state index in [0.717, 1.165) is 16.8 Å². The number of pyridine rings is 2.